The molecule has 0 unspecified atom stereocenters. The number of rotatable bonds is 2. The first-order valence-electron chi connectivity index (χ1n) is 4.14. The van der Waals surface area contributed by atoms with Crippen LogP contribution in [0.25, 0.3) is 0 Å². The number of imide groups is 1. The van der Waals surface area contributed by atoms with Crippen LogP contribution < -0.4 is 10.4 Å². The van der Waals surface area contributed by atoms with Crippen molar-refractivity contribution in [1.29, 1.82) is 0 Å². The van der Waals surface area contributed by atoms with E-state index in [9.17, 15) is 19.5 Å². The van der Waals surface area contributed by atoms with E-state index in [1.807, 2.05) is 0 Å². The van der Waals surface area contributed by atoms with Crippen LogP contribution in [0.1, 0.15) is 20.8 Å². The maximum absolute atomic E-state index is 11.5. The molecule has 0 aromatic heterocycles. The number of nitrogens with one attached hydrogen (secondary N) is 1. The van der Waals surface area contributed by atoms with E-state index < -0.39 is 29.5 Å². The highest BCUT2D eigenvalue weighted by atomic mass is 16.4. The molecule has 1 heterocycles. The lowest BCUT2D eigenvalue weighted by molar-refractivity contribution is -0.309. The van der Waals surface area contributed by atoms with Crippen LogP contribution in [0.2, 0.25) is 0 Å². The standard InChI is InChI=1S/C8H12N2O4/c1-4(5(11)12)10-6(13)8(2,3)9-7(10)14/h4H,1-3H3,(H,9,14)(H,11,12)/p-1/t4-/m1/s1. The number of aliphatic carboxylic acids is 1. The molecular weight excluding hydrogens is 188 g/mol. The summed E-state index contributed by atoms with van der Waals surface area (Å²) in [5, 5.41) is 12.9. The van der Waals surface area contributed by atoms with Gasteiger partial charge in [0.1, 0.15) is 5.54 Å². The second-order valence-corrected chi connectivity index (χ2v) is 3.73. The maximum atomic E-state index is 11.5. The Kier molecular flexibility index (Phi) is 2.22. The van der Waals surface area contributed by atoms with Crippen molar-refractivity contribution in [3.05, 3.63) is 0 Å². The summed E-state index contributed by atoms with van der Waals surface area (Å²) in [7, 11) is 0. The average molecular weight is 199 g/mol. The quantitative estimate of drug-likeness (QED) is 0.545. The van der Waals surface area contributed by atoms with Gasteiger partial charge in [-0.05, 0) is 20.8 Å². The van der Waals surface area contributed by atoms with E-state index in [1.165, 1.54) is 20.8 Å². The smallest absolute Gasteiger partial charge is 0.325 e. The molecule has 78 valence electrons. The SMILES string of the molecule is C[C@H](C(=O)[O-])N1C(=O)NC(C)(C)C1=O. The lowest BCUT2D eigenvalue weighted by Crippen LogP contribution is -2.50. The highest BCUT2D eigenvalue weighted by molar-refractivity contribution is 6.08. The van der Waals surface area contributed by atoms with E-state index in [4.69, 9.17) is 0 Å². The maximum Gasteiger partial charge on any atom is 0.325 e. The zero-order valence-electron chi connectivity index (χ0n) is 8.16. The van der Waals surface area contributed by atoms with Crippen molar-refractivity contribution in [2.75, 3.05) is 0 Å². The van der Waals surface area contributed by atoms with E-state index >= 15 is 0 Å². The van der Waals surface area contributed by atoms with Crippen LogP contribution in [0, 0.1) is 0 Å². The molecule has 0 aromatic rings. The van der Waals surface area contributed by atoms with Crippen molar-refractivity contribution in [1.82, 2.24) is 10.2 Å². The molecule has 6 nitrogen and oxygen atoms in total. The van der Waals surface area contributed by atoms with Gasteiger partial charge in [0, 0.05) is 0 Å². The van der Waals surface area contributed by atoms with E-state index in [2.05, 4.69) is 5.32 Å². The zero-order chi connectivity index (χ0) is 11.1. The van der Waals surface area contributed by atoms with E-state index in [0.29, 0.717) is 4.90 Å². The molecule has 14 heavy (non-hydrogen) atoms. The van der Waals surface area contributed by atoms with Gasteiger partial charge in [0.25, 0.3) is 5.91 Å². The molecule has 1 fully saturated rings. The van der Waals surface area contributed by atoms with Crippen LogP contribution in [-0.4, -0.2) is 34.4 Å². The molecular formula is C8H11N2O4-. The van der Waals surface area contributed by atoms with Gasteiger partial charge in [-0.2, -0.15) is 0 Å². The zero-order valence-corrected chi connectivity index (χ0v) is 8.16. The number of carboxylic acids is 1. The molecule has 1 rings (SSSR count). The molecule has 0 aromatic carbocycles. The molecule has 1 aliphatic heterocycles. The molecule has 0 radical (unpaired) electrons. The number of amides is 3. The van der Waals surface area contributed by atoms with Gasteiger partial charge in [0.05, 0.1) is 12.0 Å². The Bertz CT molecular complexity index is 310. The largest absolute Gasteiger partial charge is 0.548 e. The van der Waals surface area contributed by atoms with Crippen LogP contribution in [0.5, 0.6) is 0 Å². The Morgan fingerprint density at radius 2 is 2.00 bits per heavy atom. The molecule has 0 spiro atoms. The van der Waals surface area contributed by atoms with Gasteiger partial charge < -0.3 is 15.2 Å². The molecule has 3 amide bonds. The first kappa shape index (κ1) is 10.5. The Hall–Kier alpha value is -1.59. The van der Waals surface area contributed by atoms with Crippen molar-refractivity contribution in [3.8, 4) is 0 Å². The molecule has 0 bridgehead atoms. The monoisotopic (exact) mass is 199 g/mol. The highest BCUT2D eigenvalue weighted by Crippen LogP contribution is 2.18. The Labute approximate surface area is 80.9 Å². The number of carbonyl (C=O) groups excluding carboxylic acids is 3. The Morgan fingerprint density at radius 3 is 2.29 bits per heavy atom. The minimum absolute atomic E-state index is 0.556. The minimum Gasteiger partial charge on any atom is -0.548 e. The summed E-state index contributed by atoms with van der Waals surface area (Å²) in [6, 6.07) is -1.94. The number of hydrogen-bond acceptors (Lipinski definition) is 4. The van der Waals surface area contributed by atoms with Gasteiger partial charge >= 0.3 is 6.03 Å². The summed E-state index contributed by atoms with van der Waals surface area (Å²) < 4.78 is 0. The van der Waals surface area contributed by atoms with Crippen molar-refractivity contribution in [3.63, 3.8) is 0 Å². The van der Waals surface area contributed by atoms with Crippen molar-refractivity contribution < 1.29 is 19.5 Å². The first-order chi connectivity index (χ1) is 6.27. The number of nitrogens with zero attached hydrogens (tertiary/aromatic N) is 1. The number of urea groups is 1. The van der Waals surface area contributed by atoms with Gasteiger partial charge in [0.15, 0.2) is 0 Å². The molecule has 1 N–H and O–H groups in total. The fourth-order valence-electron chi connectivity index (χ4n) is 1.23. The fraction of sp³-hybridized carbons (Fsp3) is 0.625. The molecule has 0 saturated carbocycles. The van der Waals surface area contributed by atoms with Crippen LogP contribution in [-0.2, 0) is 9.59 Å². The minimum atomic E-state index is -1.45. The lowest BCUT2D eigenvalue weighted by atomic mass is 10.1. The normalized spacial score (nSPS) is 22.1. The van der Waals surface area contributed by atoms with E-state index in [1.54, 1.807) is 0 Å². The van der Waals surface area contributed by atoms with Gasteiger partial charge in [0.2, 0.25) is 0 Å². The van der Waals surface area contributed by atoms with Crippen molar-refractivity contribution in [2.24, 2.45) is 0 Å². The molecule has 1 aliphatic rings. The van der Waals surface area contributed by atoms with Gasteiger partial charge in [-0.15, -0.1) is 0 Å². The third-order valence-electron chi connectivity index (χ3n) is 2.12. The van der Waals surface area contributed by atoms with E-state index in [-0.39, 0.29) is 0 Å². The van der Waals surface area contributed by atoms with Crippen LogP contribution in [0.3, 0.4) is 0 Å². The van der Waals surface area contributed by atoms with Crippen LogP contribution in [0.4, 0.5) is 4.79 Å². The van der Waals surface area contributed by atoms with Crippen LogP contribution >= 0.6 is 0 Å². The summed E-state index contributed by atoms with van der Waals surface area (Å²) in [6.45, 7) is 4.25. The lowest BCUT2D eigenvalue weighted by Gasteiger charge is -2.23. The van der Waals surface area contributed by atoms with Gasteiger partial charge in [-0.1, -0.05) is 0 Å². The summed E-state index contributed by atoms with van der Waals surface area (Å²) in [5.41, 5.74) is -1.04. The van der Waals surface area contributed by atoms with Crippen molar-refractivity contribution in [2.45, 2.75) is 32.4 Å². The van der Waals surface area contributed by atoms with E-state index in [0.717, 1.165) is 0 Å². The Morgan fingerprint density at radius 1 is 1.50 bits per heavy atom. The van der Waals surface area contributed by atoms with Crippen molar-refractivity contribution >= 4 is 17.9 Å². The fourth-order valence-corrected chi connectivity index (χ4v) is 1.23. The first-order valence-corrected chi connectivity index (χ1v) is 4.14. The highest BCUT2D eigenvalue weighted by Gasteiger charge is 2.46. The second kappa shape index (κ2) is 2.97. The van der Waals surface area contributed by atoms with Gasteiger partial charge in [-0.25, -0.2) is 4.79 Å². The number of carboxylic acid groups (broad SMARTS) is 1. The predicted molar refractivity (Wildman–Crippen MR) is 43.9 cm³/mol. The number of hydrogen-bond donors (Lipinski definition) is 1. The third kappa shape index (κ3) is 1.43. The Balaban J connectivity index is 2.97. The predicted octanol–water partition coefficient (Wildman–Crippen LogP) is -1.54. The summed E-state index contributed by atoms with van der Waals surface area (Å²) in [4.78, 5) is 33.9. The summed E-state index contributed by atoms with van der Waals surface area (Å²) in [5.74, 6) is -2.01. The average Bonchev–Trinajstić information content (AvgIpc) is 2.21. The molecule has 6 heteroatoms. The molecule has 1 saturated heterocycles. The topological polar surface area (TPSA) is 89.5 Å². The van der Waals surface area contributed by atoms with Crippen LogP contribution in [0.15, 0.2) is 0 Å². The summed E-state index contributed by atoms with van der Waals surface area (Å²) in [6.07, 6.45) is 0. The molecule has 0 aliphatic carbocycles. The van der Waals surface area contributed by atoms with Gasteiger partial charge in [-0.3, -0.25) is 9.69 Å². The third-order valence-corrected chi connectivity index (χ3v) is 2.12. The summed E-state index contributed by atoms with van der Waals surface area (Å²) >= 11 is 0. The second-order valence-electron chi connectivity index (χ2n) is 3.73. The number of carbonyl (C=O) groups is 3. The molecule has 1 atom stereocenters.